The van der Waals surface area contributed by atoms with E-state index in [2.05, 4.69) is 25.7 Å². The second-order valence-electron chi connectivity index (χ2n) is 6.86. The van der Waals surface area contributed by atoms with Crippen LogP contribution in [0.4, 0.5) is 0 Å². The van der Waals surface area contributed by atoms with Gasteiger partial charge in [0, 0.05) is 6.04 Å². The summed E-state index contributed by atoms with van der Waals surface area (Å²) in [5.74, 6) is 1.06. The average molecular weight is 237 g/mol. The first-order chi connectivity index (χ1) is 8.15. The van der Waals surface area contributed by atoms with Gasteiger partial charge in [-0.05, 0) is 76.8 Å². The Morgan fingerprint density at radius 3 is 2.12 bits per heavy atom. The molecule has 1 aliphatic heterocycles. The minimum absolute atomic E-state index is 0.754. The van der Waals surface area contributed by atoms with Gasteiger partial charge in [0.05, 0.1) is 0 Å². The lowest BCUT2D eigenvalue weighted by molar-refractivity contribution is 0.0384. The summed E-state index contributed by atoms with van der Waals surface area (Å²) < 4.78 is 0. The van der Waals surface area contributed by atoms with Crippen molar-refractivity contribution in [3.8, 4) is 0 Å². The van der Waals surface area contributed by atoms with Crippen LogP contribution in [0.2, 0.25) is 0 Å². The molecule has 2 aliphatic rings. The summed E-state index contributed by atoms with van der Waals surface area (Å²) in [6, 6.07) is 0.754. The highest BCUT2D eigenvalue weighted by atomic mass is 15.2. The molecule has 0 atom stereocenters. The van der Waals surface area contributed by atoms with Crippen molar-refractivity contribution in [2.45, 2.75) is 78.2 Å². The van der Waals surface area contributed by atoms with Crippen molar-refractivity contribution in [3.05, 3.63) is 0 Å². The van der Waals surface area contributed by atoms with Crippen LogP contribution in [0, 0.1) is 11.3 Å². The van der Waals surface area contributed by atoms with Crippen molar-refractivity contribution < 1.29 is 0 Å². The highest BCUT2D eigenvalue weighted by Crippen LogP contribution is 2.47. The van der Waals surface area contributed by atoms with Gasteiger partial charge in [0.25, 0.3) is 0 Å². The van der Waals surface area contributed by atoms with E-state index < -0.39 is 0 Å². The first-order valence-corrected chi connectivity index (χ1v) is 7.89. The van der Waals surface area contributed by atoms with Gasteiger partial charge in [-0.1, -0.05) is 19.8 Å². The Balaban J connectivity index is 1.80. The summed E-state index contributed by atoms with van der Waals surface area (Å²) in [6.45, 7) is 9.74. The lowest BCUT2D eigenvalue weighted by atomic mass is 9.65. The smallest absolute Gasteiger partial charge is 0.00385 e. The van der Waals surface area contributed by atoms with Crippen LogP contribution in [0.15, 0.2) is 0 Å². The number of nitrogens with zero attached hydrogens (tertiary/aromatic N) is 1. The van der Waals surface area contributed by atoms with Crippen molar-refractivity contribution in [1.82, 2.24) is 4.90 Å². The van der Waals surface area contributed by atoms with E-state index in [1.54, 1.807) is 0 Å². The fourth-order valence-electron chi connectivity index (χ4n) is 4.00. The van der Waals surface area contributed by atoms with Crippen molar-refractivity contribution in [1.29, 1.82) is 0 Å². The fraction of sp³-hybridized carbons (Fsp3) is 1.00. The molecule has 0 unspecified atom stereocenters. The molecule has 0 aromatic carbocycles. The van der Waals surface area contributed by atoms with E-state index in [1.165, 1.54) is 64.5 Å². The van der Waals surface area contributed by atoms with E-state index in [4.69, 9.17) is 0 Å². The van der Waals surface area contributed by atoms with E-state index >= 15 is 0 Å². The van der Waals surface area contributed by atoms with Gasteiger partial charge < -0.3 is 4.90 Å². The molecule has 0 amide bonds. The van der Waals surface area contributed by atoms with Gasteiger partial charge in [-0.2, -0.15) is 0 Å². The van der Waals surface area contributed by atoms with Crippen LogP contribution in [0.3, 0.4) is 0 Å². The molecular formula is C16H31N. The first-order valence-electron chi connectivity index (χ1n) is 7.89. The van der Waals surface area contributed by atoms with Crippen molar-refractivity contribution in [2.24, 2.45) is 11.3 Å². The van der Waals surface area contributed by atoms with Crippen LogP contribution in [-0.4, -0.2) is 24.0 Å². The van der Waals surface area contributed by atoms with Crippen molar-refractivity contribution in [3.63, 3.8) is 0 Å². The standard InChI is InChI=1S/C16H31N/c1-4-5-15-6-8-16(9-7-15)10-12-17(13-11-16)14(2)3/h14-15H,4-13H2,1-3H3. The maximum Gasteiger partial charge on any atom is 0.00385 e. The molecular weight excluding hydrogens is 206 g/mol. The third kappa shape index (κ3) is 3.24. The highest BCUT2D eigenvalue weighted by molar-refractivity contribution is 4.90. The first kappa shape index (κ1) is 13.4. The molecule has 1 nitrogen and oxygen atoms in total. The summed E-state index contributed by atoms with van der Waals surface area (Å²) in [4.78, 5) is 2.67. The lowest BCUT2D eigenvalue weighted by Crippen LogP contribution is -2.44. The fourth-order valence-corrected chi connectivity index (χ4v) is 4.00. The summed E-state index contributed by atoms with van der Waals surface area (Å²) in [7, 11) is 0. The Morgan fingerprint density at radius 2 is 1.65 bits per heavy atom. The maximum atomic E-state index is 2.67. The molecule has 2 fully saturated rings. The molecule has 1 aliphatic carbocycles. The zero-order valence-electron chi connectivity index (χ0n) is 12.2. The monoisotopic (exact) mass is 237 g/mol. The minimum atomic E-state index is 0.754. The third-order valence-corrected chi connectivity index (χ3v) is 5.45. The largest absolute Gasteiger partial charge is 0.301 e. The summed E-state index contributed by atoms with van der Waals surface area (Å²) >= 11 is 0. The zero-order chi connectivity index (χ0) is 12.3. The second-order valence-corrected chi connectivity index (χ2v) is 6.86. The van der Waals surface area contributed by atoms with Gasteiger partial charge in [0.1, 0.15) is 0 Å². The Hall–Kier alpha value is -0.0400. The van der Waals surface area contributed by atoms with Crippen LogP contribution < -0.4 is 0 Å². The average Bonchev–Trinajstić information content (AvgIpc) is 2.33. The van der Waals surface area contributed by atoms with Crippen LogP contribution in [0.5, 0.6) is 0 Å². The van der Waals surface area contributed by atoms with E-state index in [-0.39, 0.29) is 0 Å². The molecule has 1 heteroatoms. The van der Waals surface area contributed by atoms with Gasteiger partial charge in [0.15, 0.2) is 0 Å². The SMILES string of the molecule is CCCC1CCC2(CC1)CCN(C(C)C)CC2. The predicted molar refractivity (Wildman–Crippen MR) is 75.2 cm³/mol. The third-order valence-electron chi connectivity index (χ3n) is 5.45. The van der Waals surface area contributed by atoms with Crippen LogP contribution >= 0.6 is 0 Å². The Labute approximate surface area is 108 Å². The number of hydrogen-bond donors (Lipinski definition) is 0. The second kappa shape index (κ2) is 5.73. The molecule has 0 N–H and O–H groups in total. The molecule has 1 heterocycles. The summed E-state index contributed by atoms with van der Waals surface area (Å²) in [6.07, 6.45) is 11.9. The number of rotatable bonds is 3. The predicted octanol–water partition coefficient (Wildman–Crippen LogP) is 4.47. The van der Waals surface area contributed by atoms with Crippen LogP contribution in [0.1, 0.15) is 72.1 Å². The van der Waals surface area contributed by atoms with Gasteiger partial charge in [-0.15, -0.1) is 0 Å². The normalized spacial score (nSPS) is 26.8. The molecule has 1 saturated carbocycles. The van der Waals surface area contributed by atoms with Crippen molar-refractivity contribution in [2.75, 3.05) is 13.1 Å². The quantitative estimate of drug-likeness (QED) is 0.700. The Morgan fingerprint density at radius 1 is 1.06 bits per heavy atom. The molecule has 2 rings (SSSR count). The van der Waals surface area contributed by atoms with Gasteiger partial charge in [0.2, 0.25) is 0 Å². The number of piperidine rings is 1. The molecule has 0 aromatic rings. The van der Waals surface area contributed by atoms with E-state index in [1.807, 2.05) is 0 Å². The molecule has 0 aromatic heterocycles. The molecule has 1 spiro atoms. The summed E-state index contributed by atoms with van der Waals surface area (Å²) in [5.41, 5.74) is 0.760. The number of likely N-dealkylation sites (tertiary alicyclic amines) is 1. The van der Waals surface area contributed by atoms with E-state index in [9.17, 15) is 0 Å². The minimum Gasteiger partial charge on any atom is -0.301 e. The zero-order valence-corrected chi connectivity index (χ0v) is 12.2. The van der Waals surface area contributed by atoms with Gasteiger partial charge in [-0.3, -0.25) is 0 Å². The maximum absolute atomic E-state index is 2.67. The molecule has 17 heavy (non-hydrogen) atoms. The summed E-state index contributed by atoms with van der Waals surface area (Å²) in [5, 5.41) is 0. The Bertz CT molecular complexity index is 216. The Kier molecular flexibility index (Phi) is 4.52. The molecule has 100 valence electrons. The van der Waals surface area contributed by atoms with Crippen LogP contribution in [-0.2, 0) is 0 Å². The van der Waals surface area contributed by atoms with E-state index in [0.29, 0.717) is 0 Å². The topological polar surface area (TPSA) is 3.24 Å². The molecule has 0 radical (unpaired) electrons. The molecule has 1 saturated heterocycles. The number of hydrogen-bond acceptors (Lipinski definition) is 1. The van der Waals surface area contributed by atoms with Gasteiger partial charge in [-0.25, -0.2) is 0 Å². The highest BCUT2D eigenvalue weighted by Gasteiger charge is 2.37. The lowest BCUT2D eigenvalue weighted by Gasteiger charge is -2.47. The molecule has 0 bridgehead atoms. The van der Waals surface area contributed by atoms with Crippen molar-refractivity contribution >= 4 is 0 Å². The van der Waals surface area contributed by atoms with Crippen LogP contribution in [0.25, 0.3) is 0 Å². The van der Waals surface area contributed by atoms with E-state index in [0.717, 1.165) is 17.4 Å². The van der Waals surface area contributed by atoms with Gasteiger partial charge >= 0.3 is 0 Å².